The zero-order valence-electron chi connectivity index (χ0n) is 11.4. The highest BCUT2D eigenvalue weighted by molar-refractivity contribution is 5.95. The quantitative estimate of drug-likeness (QED) is 0.445. The van der Waals surface area contributed by atoms with Crippen molar-refractivity contribution in [2.75, 3.05) is 32.6 Å². The highest BCUT2D eigenvalue weighted by Crippen LogP contribution is 2.18. The van der Waals surface area contributed by atoms with E-state index in [4.69, 9.17) is 15.2 Å². The Bertz CT molecular complexity index is 458. The van der Waals surface area contributed by atoms with Crippen molar-refractivity contribution >= 4 is 11.6 Å². The van der Waals surface area contributed by atoms with Gasteiger partial charge in [0, 0.05) is 23.9 Å². The van der Waals surface area contributed by atoms with Crippen LogP contribution in [0, 0.1) is 0 Å². The lowest BCUT2D eigenvalue weighted by Gasteiger charge is -2.08. The molecule has 0 fully saturated rings. The predicted molar refractivity (Wildman–Crippen MR) is 75.4 cm³/mol. The summed E-state index contributed by atoms with van der Waals surface area (Å²) in [6, 6.07) is 4.90. The first-order chi connectivity index (χ1) is 9.02. The van der Waals surface area contributed by atoms with E-state index in [-0.39, 0.29) is 5.91 Å². The van der Waals surface area contributed by atoms with E-state index in [1.165, 1.54) is 7.11 Å². The Morgan fingerprint density at radius 2 is 2.16 bits per heavy atom. The Kier molecular flexibility index (Phi) is 5.89. The molecule has 0 bridgehead atoms. The van der Waals surface area contributed by atoms with E-state index in [0.29, 0.717) is 36.8 Å². The molecule has 0 aliphatic heterocycles. The average molecular weight is 264 g/mol. The molecule has 5 nitrogen and oxygen atoms in total. The number of rotatable bonds is 7. The normalized spacial score (nSPS) is 10.0. The maximum atomic E-state index is 11.9. The predicted octanol–water partition coefficient (Wildman–Crippen LogP) is 1.60. The van der Waals surface area contributed by atoms with Crippen molar-refractivity contribution in [1.82, 2.24) is 5.32 Å². The number of carbonyl (C=O) groups excluding carboxylic acids is 1. The molecule has 1 aromatic rings. The van der Waals surface area contributed by atoms with Crippen molar-refractivity contribution in [3.8, 4) is 5.75 Å². The Morgan fingerprint density at radius 3 is 2.79 bits per heavy atom. The van der Waals surface area contributed by atoms with Gasteiger partial charge in [-0.3, -0.25) is 4.79 Å². The maximum Gasteiger partial charge on any atom is 0.251 e. The van der Waals surface area contributed by atoms with Gasteiger partial charge in [0.25, 0.3) is 5.91 Å². The van der Waals surface area contributed by atoms with E-state index < -0.39 is 0 Å². The van der Waals surface area contributed by atoms with Crippen molar-refractivity contribution in [2.24, 2.45) is 0 Å². The van der Waals surface area contributed by atoms with Crippen molar-refractivity contribution < 1.29 is 14.3 Å². The van der Waals surface area contributed by atoms with Crippen molar-refractivity contribution in [1.29, 1.82) is 0 Å². The van der Waals surface area contributed by atoms with Gasteiger partial charge in [-0.05, 0) is 19.1 Å². The van der Waals surface area contributed by atoms with Crippen molar-refractivity contribution in [3.05, 3.63) is 35.9 Å². The van der Waals surface area contributed by atoms with Gasteiger partial charge < -0.3 is 20.5 Å². The van der Waals surface area contributed by atoms with E-state index in [0.717, 1.165) is 5.57 Å². The minimum atomic E-state index is -0.204. The molecule has 3 N–H and O–H groups in total. The SMILES string of the molecule is C=C(C)COCCNC(=O)c1cc(N)cc(OC)c1. The van der Waals surface area contributed by atoms with Crippen LogP contribution in [0.2, 0.25) is 0 Å². The van der Waals surface area contributed by atoms with Gasteiger partial charge in [0.15, 0.2) is 0 Å². The van der Waals surface area contributed by atoms with Crippen LogP contribution in [0.15, 0.2) is 30.4 Å². The summed E-state index contributed by atoms with van der Waals surface area (Å²) in [5.74, 6) is 0.355. The molecule has 0 aliphatic rings. The topological polar surface area (TPSA) is 73.6 Å². The summed E-state index contributed by atoms with van der Waals surface area (Å²) in [6.07, 6.45) is 0. The minimum Gasteiger partial charge on any atom is -0.497 e. The maximum absolute atomic E-state index is 11.9. The molecule has 0 spiro atoms. The van der Waals surface area contributed by atoms with Crippen molar-refractivity contribution in [3.63, 3.8) is 0 Å². The van der Waals surface area contributed by atoms with Crippen LogP contribution in [0.5, 0.6) is 5.75 Å². The minimum absolute atomic E-state index is 0.204. The smallest absolute Gasteiger partial charge is 0.251 e. The first-order valence-electron chi connectivity index (χ1n) is 5.98. The van der Waals surface area contributed by atoms with E-state index in [9.17, 15) is 4.79 Å². The lowest BCUT2D eigenvalue weighted by molar-refractivity contribution is 0.0926. The van der Waals surface area contributed by atoms with Crippen molar-refractivity contribution in [2.45, 2.75) is 6.92 Å². The molecule has 5 heteroatoms. The molecule has 0 unspecified atom stereocenters. The molecule has 1 rings (SSSR count). The zero-order chi connectivity index (χ0) is 14.3. The summed E-state index contributed by atoms with van der Waals surface area (Å²) in [4.78, 5) is 11.9. The summed E-state index contributed by atoms with van der Waals surface area (Å²) in [5.41, 5.74) is 7.60. The number of methoxy groups -OCH3 is 1. The number of nitrogen functional groups attached to an aromatic ring is 1. The number of carbonyl (C=O) groups is 1. The number of benzene rings is 1. The largest absolute Gasteiger partial charge is 0.497 e. The highest BCUT2D eigenvalue weighted by Gasteiger charge is 2.07. The number of ether oxygens (including phenoxy) is 2. The molecule has 0 atom stereocenters. The zero-order valence-corrected chi connectivity index (χ0v) is 11.4. The van der Waals surface area contributed by atoms with Crippen LogP contribution < -0.4 is 15.8 Å². The lowest BCUT2D eigenvalue weighted by Crippen LogP contribution is -2.27. The van der Waals surface area contributed by atoms with Crippen LogP contribution in [0.4, 0.5) is 5.69 Å². The molecule has 0 aliphatic carbocycles. The molecule has 1 amide bonds. The summed E-state index contributed by atoms with van der Waals surface area (Å²) in [5, 5.41) is 2.75. The van der Waals surface area contributed by atoms with Gasteiger partial charge in [-0.1, -0.05) is 12.2 Å². The summed E-state index contributed by atoms with van der Waals surface area (Å²) in [6.45, 7) is 6.99. The standard InChI is InChI=1S/C14H20N2O3/c1-10(2)9-19-5-4-16-14(17)11-6-12(15)8-13(7-11)18-3/h6-8H,1,4-5,9,15H2,2-3H3,(H,16,17). The fraction of sp³-hybridized carbons (Fsp3) is 0.357. The third-order valence-electron chi connectivity index (χ3n) is 2.31. The second kappa shape index (κ2) is 7.43. The summed E-state index contributed by atoms with van der Waals surface area (Å²) >= 11 is 0. The van der Waals surface area contributed by atoms with Crippen LogP contribution in [-0.4, -0.2) is 32.8 Å². The first-order valence-corrected chi connectivity index (χ1v) is 5.98. The average Bonchev–Trinajstić information content (AvgIpc) is 2.36. The van der Waals surface area contributed by atoms with Gasteiger partial charge in [0.2, 0.25) is 0 Å². The Hall–Kier alpha value is -2.01. The van der Waals surface area contributed by atoms with Gasteiger partial charge in [-0.25, -0.2) is 0 Å². The molecule has 0 aromatic heterocycles. The van der Waals surface area contributed by atoms with E-state index in [1.807, 2.05) is 6.92 Å². The summed E-state index contributed by atoms with van der Waals surface area (Å²) < 4.78 is 10.3. The number of nitrogens with one attached hydrogen (secondary N) is 1. The number of amides is 1. The van der Waals surface area contributed by atoms with Crippen LogP contribution in [-0.2, 0) is 4.74 Å². The number of nitrogens with two attached hydrogens (primary N) is 1. The molecule has 19 heavy (non-hydrogen) atoms. The molecule has 104 valence electrons. The van der Waals surface area contributed by atoms with E-state index >= 15 is 0 Å². The molecule has 0 saturated carbocycles. The Labute approximate surface area is 113 Å². The van der Waals surface area contributed by atoms with E-state index in [1.54, 1.807) is 18.2 Å². The second-order valence-electron chi connectivity index (χ2n) is 4.26. The third-order valence-corrected chi connectivity index (χ3v) is 2.31. The molecule has 0 heterocycles. The molecule has 0 saturated heterocycles. The first kappa shape index (κ1) is 15.0. The second-order valence-corrected chi connectivity index (χ2v) is 4.26. The lowest BCUT2D eigenvalue weighted by atomic mass is 10.2. The van der Waals surface area contributed by atoms with Gasteiger partial charge >= 0.3 is 0 Å². The van der Waals surface area contributed by atoms with Crippen LogP contribution >= 0.6 is 0 Å². The van der Waals surface area contributed by atoms with Gasteiger partial charge in [0.05, 0.1) is 20.3 Å². The molecular formula is C14H20N2O3. The van der Waals surface area contributed by atoms with Gasteiger partial charge in [0.1, 0.15) is 5.75 Å². The Balaban J connectivity index is 2.45. The summed E-state index contributed by atoms with van der Waals surface area (Å²) in [7, 11) is 1.53. The van der Waals surface area contributed by atoms with Gasteiger partial charge in [-0.15, -0.1) is 0 Å². The van der Waals surface area contributed by atoms with E-state index in [2.05, 4.69) is 11.9 Å². The van der Waals surface area contributed by atoms with Crippen LogP contribution in [0.3, 0.4) is 0 Å². The fourth-order valence-corrected chi connectivity index (χ4v) is 1.46. The molecule has 0 radical (unpaired) electrons. The van der Waals surface area contributed by atoms with Gasteiger partial charge in [-0.2, -0.15) is 0 Å². The number of anilines is 1. The third kappa shape index (κ3) is 5.44. The number of hydrogen-bond acceptors (Lipinski definition) is 4. The van der Waals surface area contributed by atoms with Crippen LogP contribution in [0.1, 0.15) is 17.3 Å². The highest BCUT2D eigenvalue weighted by atomic mass is 16.5. The molecule has 1 aromatic carbocycles. The number of hydrogen-bond donors (Lipinski definition) is 2. The van der Waals surface area contributed by atoms with Crippen LogP contribution in [0.25, 0.3) is 0 Å². The monoisotopic (exact) mass is 264 g/mol. The Morgan fingerprint density at radius 1 is 1.42 bits per heavy atom. The fourth-order valence-electron chi connectivity index (χ4n) is 1.46. The molecular weight excluding hydrogens is 244 g/mol.